The number of amides is 2. The second-order valence-corrected chi connectivity index (χ2v) is 8.91. The van der Waals surface area contributed by atoms with Gasteiger partial charge in [0.05, 0.1) is 23.7 Å². The first kappa shape index (κ1) is 16.2. The van der Waals surface area contributed by atoms with Gasteiger partial charge >= 0.3 is 0 Å². The standard InChI is InChI=1S/C20H20BrN3O2/c1-23(2)15-6-3-11(9-14(15)21)10-22-24-18(25)16-12-4-5-13(17(16)19(24)26)20(12)7-8-20/h3-6,9-10,12-13,16-17H,7-8H2,1-2H3/b22-10+. The van der Waals surface area contributed by atoms with Crippen LogP contribution in [0, 0.1) is 29.1 Å². The van der Waals surface area contributed by atoms with Gasteiger partial charge in [-0.1, -0.05) is 18.2 Å². The van der Waals surface area contributed by atoms with Crippen LogP contribution in [-0.2, 0) is 9.59 Å². The van der Waals surface area contributed by atoms with E-state index in [1.54, 1.807) is 6.21 Å². The molecule has 1 saturated heterocycles. The number of imide groups is 1. The van der Waals surface area contributed by atoms with Gasteiger partial charge in [0.25, 0.3) is 11.8 Å². The molecule has 6 heteroatoms. The summed E-state index contributed by atoms with van der Waals surface area (Å²) < 4.78 is 0.945. The van der Waals surface area contributed by atoms with E-state index in [2.05, 4.69) is 33.2 Å². The van der Waals surface area contributed by atoms with Crippen LogP contribution >= 0.6 is 15.9 Å². The fraction of sp³-hybridized carbons (Fsp3) is 0.450. The van der Waals surface area contributed by atoms with Crippen LogP contribution in [0.15, 0.2) is 39.9 Å². The number of hydrazone groups is 1. The quantitative estimate of drug-likeness (QED) is 0.434. The first-order chi connectivity index (χ1) is 12.4. The Hall–Kier alpha value is -1.95. The Bertz CT molecular complexity index is 853. The maximum atomic E-state index is 12.9. The van der Waals surface area contributed by atoms with Gasteiger partial charge in [0.1, 0.15) is 0 Å². The zero-order valence-corrected chi connectivity index (χ0v) is 16.3. The molecule has 3 fully saturated rings. The number of rotatable bonds is 3. The van der Waals surface area contributed by atoms with Crippen molar-refractivity contribution in [3.63, 3.8) is 0 Å². The van der Waals surface area contributed by atoms with E-state index < -0.39 is 0 Å². The smallest absolute Gasteiger partial charge is 0.254 e. The molecular weight excluding hydrogens is 394 g/mol. The van der Waals surface area contributed by atoms with Gasteiger partial charge in [0, 0.05) is 18.6 Å². The fourth-order valence-electron chi connectivity index (χ4n) is 5.27. The van der Waals surface area contributed by atoms with Crippen LogP contribution < -0.4 is 4.90 Å². The molecule has 4 atom stereocenters. The van der Waals surface area contributed by atoms with Crippen molar-refractivity contribution in [1.82, 2.24) is 5.01 Å². The topological polar surface area (TPSA) is 53.0 Å². The molecule has 1 spiro atoms. The molecule has 1 aliphatic heterocycles. The van der Waals surface area contributed by atoms with E-state index in [1.807, 2.05) is 37.2 Å². The largest absolute Gasteiger partial charge is 0.377 e. The number of allylic oxidation sites excluding steroid dienone is 2. The highest BCUT2D eigenvalue weighted by atomic mass is 79.9. The highest BCUT2D eigenvalue weighted by molar-refractivity contribution is 9.10. The van der Waals surface area contributed by atoms with Crippen molar-refractivity contribution < 1.29 is 9.59 Å². The molecule has 2 amide bonds. The number of hydrogen-bond acceptors (Lipinski definition) is 4. The molecule has 134 valence electrons. The van der Waals surface area contributed by atoms with Gasteiger partial charge in [0.15, 0.2) is 0 Å². The van der Waals surface area contributed by atoms with Crippen molar-refractivity contribution in [3.05, 3.63) is 40.4 Å². The minimum absolute atomic E-state index is 0.122. The maximum Gasteiger partial charge on any atom is 0.254 e. The van der Waals surface area contributed by atoms with Gasteiger partial charge in [-0.3, -0.25) is 9.59 Å². The molecule has 2 bridgehead atoms. The van der Waals surface area contributed by atoms with Gasteiger partial charge < -0.3 is 4.90 Å². The Morgan fingerprint density at radius 3 is 2.27 bits per heavy atom. The Balaban J connectivity index is 1.39. The molecule has 2 saturated carbocycles. The van der Waals surface area contributed by atoms with Crippen LogP contribution in [0.1, 0.15) is 18.4 Å². The van der Waals surface area contributed by atoms with Crippen LogP contribution in [0.3, 0.4) is 0 Å². The molecule has 5 rings (SSSR count). The lowest BCUT2D eigenvalue weighted by atomic mass is 9.85. The molecule has 0 radical (unpaired) electrons. The van der Waals surface area contributed by atoms with E-state index in [0.29, 0.717) is 0 Å². The lowest BCUT2D eigenvalue weighted by Crippen LogP contribution is -2.30. The maximum absolute atomic E-state index is 12.9. The zero-order chi connectivity index (χ0) is 18.2. The van der Waals surface area contributed by atoms with E-state index in [9.17, 15) is 9.59 Å². The van der Waals surface area contributed by atoms with E-state index in [-0.39, 0.29) is 40.9 Å². The summed E-state index contributed by atoms with van der Waals surface area (Å²) in [7, 11) is 3.95. The summed E-state index contributed by atoms with van der Waals surface area (Å²) in [6, 6.07) is 5.85. The molecule has 1 aromatic rings. The number of fused-ring (bicyclic) bond motifs is 3. The van der Waals surface area contributed by atoms with Gasteiger partial charge in [-0.05, 0) is 63.7 Å². The zero-order valence-electron chi connectivity index (χ0n) is 14.7. The summed E-state index contributed by atoms with van der Waals surface area (Å²) in [5.41, 5.74) is 2.13. The number of nitrogens with zero attached hydrogens (tertiary/aromatic N) is 3. The minimum Gasteiger partial charge on any atom is -0.377 e. The average molecular weight is 414 g/mol. The van der Waals surface area contributed by atoms with E-state index >= 15 is 0 Å². The third-order valence-corrected chi connectivity index (χ3v) is 7.24. The van der Waals surface area contributed by atoms with Crippen molar-refractivity contribution >= 4 is 39.6 Å². The SMILES string of the molecule is CN(C)c1ccc(/C=N/N2C(=O)C3C(C2=O)C2C=CC3C23CC3)cc1Br. The molecule has 5 nitrogen and oxygen atoms in total. The number of anilines is 1. The number of carbonyl (C=O) groups excluding carboxylic acids is 2. The highest BCUT2D eigenvalue weighted by Gasteiger charge is 2.73. The summed E-state index contributed by atoms with van der Waals surface area (Å²) in [6.45, 7) is 0. The monoisotopic (exact) mass is 413 g/mol. The summed E-state index contributed by atoms with van der Waals surface area (Å²) >= 11 is 3.55. The molecular formula is C20H20BrN3O2. The predicted octanol–water partition coefficient (Wildman–Crippen LogP) is 3.05. The normalized spacial score (nSPS) is 33.0. The van der Waals surface area contributed by atoms with Crippen LogP contribution in [-0.4, -0.2) is 37.1 Å². The van der Waals surface area contributed by atoms with E-state index in [1.165, 1.54) is 0 Å². The van der Waals surface area contributed by atoms with Gasteiger partial charge in [-0.2, -0.15) is 10.1 Å². The van der Waals surface area contributed by atoms with E-state index in [0.717, 1.165) is 33.6 Å². The molecule has 1 heterocycles. The second kappa shape index (κ2) is 5.28. The predicted molar refractivity (Wildman–Crippen MR) is 103 cm³/mol. The third-order valence-electron chi connectivity index (χ3n) is 6.61. The van der Waals surface area contributed by atoms with Gasteiger partial charge in [-0.25, -0.2) is 0 Å². The first-order valence-corrected chi connectivity index (χ1v) is 9.80. The highest BCUT2D eigenvalue weighted by Crippen LogP contribution is 2.73. The first-order valence-electron chi connectivity index (χ1n) is 9.01. The molecule has 0 aromatic heterocycles. The fourth-order valence-corrected chi connectivity index (χ4v) is 6.02. The Morgan fingerprint density at radius 2 is 1.77 bits per heavy atom. The molecule has 4 unspecified atom stereocenters. The number of hydrogen-bond donors (Lipinski definition) is 0. The summed E-state index contributed by atoms with van der Waals surface area (Å²) in [5.74, 6) is -0.156. The summed E-state index contributed by atoms with van der Waals surface area (Å²) in [4.78, 5) is 27.8. The van der Waals surface area contributed by atoms with Crippen molar-refractivity contribution in [2.45, 2.75) is 12.8 Å². The molecule has 26 heavy (non-hydrogen) atoms. The van der Waals surface area contributed by atoms with Crippen LogP contribution in [0.5, 0.6) is 0 Å². The summed E-state index contributed by atoms with van der Waals surface area (Å²) in [6.07, 6.45) is 8.25. The summed E-state index contributed by atoms with van der Waals surface area (Å²) in [5, 5.41) is 5.38. The number of halogens is 1. The molecule has 3 aliphatic carbocycles. The van der Waals surface area contributed by atoms with Crippen LogP contribution in [0.4, 0.5) is 5.69 Å². The average Bonchev–Trinajstić information content (AvgIpc) is 3.20. The van der Waals surface area contributed by atoms with Crippen molar-refractivity contribution in [2.75, 3.05) is 19.0 Å². The Labute approximate surface area is 160 Å². The Kier molecular flexibility index (Phi) is 3.30. The Morgan fingerprint density at radius 1 is 1.15 bits per heavy atom. The second-order valence-electron chi connectivity index (χ2n) is 8.06. The minimum atomic E-state index is -0.194. The number of benzene rings is 1. The van der Waals surface area contributed by atoms with Crippen molar-refractivity contribution in [1.29, 1.82) is 0 Å². The van der Waals surface area contributed by atoms with Crippen LogP contribution in [0.2, 0.25) is 0 Å². The van der Waals surface area contributed by atoms with E-state index in [4.69, 9.17) is 0 Å². The van der Waals surface area contributed by atoms with Crippen molar-refractivity contribution in [2.24, 2.45) is 34.2 Å². The molecule has 1 aromatic carbocycles. The number of carbonyl (C=O) groups is 2. The third kappa shape index (κ3) is 1.99. The van der Waals surface area contributed by atoms with Crippen molar-refractivity contribution in [3.8, 4) is 0 Å². The lowest BCUT2D eigenvalue weighted by Gasteiger charge is -2.18. The van der Waals surface area contributed by atoms with Gasteiger partial charge in [0.2, 0.25) is 0 Å². The lowest BCUT2D eigenvalue weighted by molar-refractivity contribution is -0.141. The molecule has 4 aliphatic rings. The van der Waals surface area contributed by atoms with Gasteiger partial charge in [-0.15, -0.1) is 0 Å². The molecule has 0 N–H and O–H groups in total. The van der Waals surface area contributed by atoms with Crippen LogP contribution in [0.25, 0.3) is 0 Å².